The molecular formula is C32H35ClF3N11O6. The van der Waals surface area contributed by atoms with Crippen molar-refractivity contribution in [2.75, 3.05) is 74.1 Å². The number of hydrogen-bond acceptors (Lipinski definition) is 12. The molecule has 3 aromatic heterocycles. The summed E-state index contributed by atoms with van der Waals surface area (Å²) in [5, 5.41) is 19.3. The summed E-state index contributed by atoms with van der Waals surface area (Å²) in [6.07, 6.45) is -3.22. The van der Waals surface area contributed by atoms with Crippen LogP contribution < -0.4 is 26.0 Å². The van der Waals surface area contributed by atoms with Gasteiger partial charge in [-0.15, -0.1) is 5.10 Å². The Labute approximate surface area is 304 Å². The summed E-state index contributed by atoms with van der Waals surface area (Å²) < 4.78 is 47.7. The number of fused-ring (bicyclic) bond motifs is 1. The topological polar surface area (TPSA) is 192 Å². The molecule has 0 spiro atoms. The van der Waals surface area contributed by atoms with Gasteiger partial charge in [0.25, 0.3) is 11.5 Å². The minimum atomic E-state index is -4.62. The van der Waals surface area contributed by atoms with Gasteiger partial charge in [-0.1, -0.05) is 18.5 Å². The maximum Gasteiger partial charge on any atom is 0.416 e. The Hall–Kier alpha value is -5.50. The maximum absolute atomic E-state index is 14.2. The molecule has 3 amide bonds. The van der Waals surface area contributed by atoms with Crippen LogP contribution in [-0.4, -0.2) is 116 Å². The van der Waals surface area contributed by atoms with E-state index >= 15 is 0 Å². The van der Waals surface area contributed by atoms with Gasteiger partial charge in [-0.3, -0.25) is 19.2 Å². The van der Waals surface area contributed by atoms with E-state index in [1.165, 1.54) is 11.8 Å². The lowest BCUT2D eigenvalue weighted by molar-refractivity contribution is -0.137. The molecule has 4 aromatic rings. The van der Waals surface area contributed by atoms with Gasteiger partial charge in [0.2, 0.25) is 23.5 Å². The first-order valence-corrected chi connectivity index (χ1v) is 17.0. The predicted molar refractivity (Wildman–Crippen MR) is 184 cm³/mol. The van der Waals surface area contributed by atoms with E-state index in [0.29, 0.717) is 32.0 Å². The summed E-state index contributed by atoms with van der Waals surface area (Å²) in [4.78, 5) is 70.7. The molecule has 0 bridgehead atoms. The van der Waals surface area contributed by atoms with Gasteiger partial charge in [-0.05, 0) is 31.5 Å². The molecule has 0 saturated carbocycles. The number of nitrogens with one attached hydrogen (secondary N) is 2. The van der Waals surface area contributed by atoms with Crippen LogP contribution in [0.2, 0.25) is 5.02 Å². The number of carbonyl (C=O) groups is 3. The number of morpholine rings is 1. The Kier molecular flexibility index (Phi) is 10.7. The Morgan fingerprint density at radius 2 is 1.75 bits per heavy atom. The average molecular weight is 762 g/mol. The van der Waals surface area contributed by atoms with E-state index < -0.39 is 41.6 Å². The van der Waals surface area contributed by atoms with Gasteiger partial charge < -0.3 is 39.7 Å². The molecular weight excluding hydrogens is 727 g/mol. The Morgan fingerprint density at radius 3 is 2.42 bits per heavy atom. The number of nitrogens with zero attached hydrogens (tertiary/aromatic N) is 9. The number of piperazine rings is 1. The number of anilines is 3. The van der Waals surface area contributed by atoms with Gasteiger partial charge in [0.15, 0.2) is 11.4 Å². The summed E-state index contributed by atoms with van der Waals surface area (Å²) in [7, 11) is 0. The quantitative estimate of drug-likeness (QED) is 0.223. The zero-order valence-corrected chi connectivity index (χ0v) is 29.4. The molecule has 0 radical (unpaired) electrons. The van der Waals surface area contributed by atoms with Crippen LogP contribution >= 0.6 is 11.6 Å². The first-order chi connectivity index (χ1) is 25.3. The first-order valence-electron chi connectivity index (χ1n) is 16.6. The molecule has 1 aromatic carbocycles. The minimum absolute atomic E-state index is 0.0311. The Morgan fingerprint density at radius 1 is 1.04 bits per heavy atom. The third-order valence-electron chi connectivity index (χ3n) is 8.88. The third kappa shape index (κ3) is 7.82. The summed E-state index contributed by atoms with van der Waals surface area (Å²) in [5.74, 6) is -1.82. The second kappa shape index (κ2) is 15.2. The second-order valence-corrected chi connectivity index (χ2v) is 12.6. The van der Waals surface area contributed by atoms with E-state index in [0.717, 1.165) is 29.0 Å². The van der Waals surface area contributed by atoms with E-state index in [9.17, 15) is 37.5 Å². The van der Waals surface area contributed by atoms with Gasteiger partial charge in [0.05, 0.1) is 47.4 Å². The number of rotatable bonds is 9. The van der Waals surface area contributed by atoms with E-state index in [-0.39, 0.29) is 84.4 Å². The van der Waals surface area contributed by atoms with Crippen LogP contribution in [0.5, 0.6) is 5.75 Å². The third-order valence-corrected chi connectivity index (χ3v) is 9.20. The van der Waals surface area contributed by atoms with Gasteiger partial charge in [-0.2, -0.15) is 22.7 Å². The van der Waals surface area contributed by atoms with Crippen LogP contribution in [-0.2, 0) is 33.5 Å². The van der Waals surface area contributed by atoms with E-state index in [4.69, 9.17) is 16.3 Å². The number of ether oxygens (including phenoxy) is 1. The number of aryl methyl sites for hydroxylation is 1. The van der Waals surface area contributed by atoms with Crippen molar-refractivity contribution in [3.8, 4) is 5.75 Å². The average Bonchev–Trinajstić information content (AvgIpc) is 3.60. The standard InChI is InChI=1S/C32H35ClF3N11O6/c1-3-22-26(44-8-6-43(7-9-44)24(49)15-37-28(51)25-27(50)18(2)38-17-39-25)29(52)47-31(41-30(42-47)45-10-12-53-13-11-45)46(22)16-23(48)40-21-5-4-19(14-20(21)33)32(34,35)36/h4-5,14,17,50H,3,6-13,15-16H2,1-2H3,(H,37,51)(H,40,48). The summed E-state index contributed by atoms with van der Waals surface area (Å²) >= 11 is 6.11. The van der Waals surface area contributed by atoms with Crippen molar-refractivity contribution in [2.24, 2.45) is 0 Å². The number of aromatic nitrogens is 6. The smallest absolute Gasteiger partial charge is 0.416 e. The first kappa shape index (κ1) is 37.3. The molecule has 2 aliphatic heterocycles. The lowest BCUT2D eigenvalue weighted by atomic mass is 10.2. The van der Waals surface area contributed by atoms with Crippen LogP contribution in [0.15, 0.2) is 29.3 Å². The molecule has 0 unspecified atom stereocenters. The molecule has 0 aliphatic carbocycles. The van der Waals surface area contributed by atoms with Gasteiger partial charge in [0, 0.05) is 39.3 Å². The van der Waals surface area contributed by atoms with Crippen molar-refractivity contribution < 1.29 is 37.4 Å². The SMILES string of the molecule is CCc1c(N2CCN(C(=O)CNC(=O)c3ncnc(C)c3O)CC2)c(=O)n2nc(N3CCOCC3)nc2n1CC(=O)Nc1ccc(C(F)(F)F)cc1Cl. The molecule has 17 nitrogen and oxygen atoms in total. The number of aromatic hydroxyl groups is 1. The van der Waals surface area contributed by atoms with Crippen molar-refractivity contribution in [1.82, 2.24) is 39.3 Å². The Balaban J connectivity index is 1.25. The van der Waals surface area contributed by atoms with Gasteiger partial charge in [-0.25, -0.2) is 9.97 Å². The number of benzene rings is 1. The van der Waals surface area contributed by atoms with Crippen molar-refractivity contribution in [3.05, 3.63) is 62.5 Å². The van der Waals surface area contributed by atoms with Crippen molar-refractivity contribution in [1.29, 1.82) is 0 Å². The van der Waals surface area contributed by atoms with Crippen LogP contribution in [0.4, 0.5) is 30.5 Å². The van der Waals surface area contributed by atoms with Crippen LogP contribution in [0, 0.1) is 6.92 Å². The lowest BCUT2D eigenvalue weighted by Gasteiger charge is -2.36. The zero-order chi connectivity index (χ0) is 38.0. The minimum Gasteiger partial charge on any atom is -0.504 e. The largest absolute Gasteiger partial charge is 0.504 e. The molecule has 2 saturated heterocycles. The van der Waals surface area contributed by atoms with E-state index in [1.54, 1.807) is 16.4 Å². The fourth-order valence-electron chi connectivity index (χ4n) is 6.11. The van der Waals surface area contributed by atoms with Crippen molar-refractivity contribution in [3.63, 3.8) is 0 Å². The molecule has 53 heavy (non-hydrogen) atoms. The number of halogens is 4. The van der Waals surface area contributed by atoms with Crippen LogP contribution in [0.3, 0.4) is 0 Å². The molecule has 6 rings (SSSR count). The number of alkyl halides is 3. The van der Waals surface area contributed by atoms with E-state index in [2.05, 4.69) is 30.7 Å². The fourth-order valence-corrected chi connectivity index (χ4v) is 6.33. The second-order valence-electron chi connectivity index (χ2n) is 12.2. The highest BCUT2D eigenvalue weighted by Gasteiger charge is 2.32. The van der Waals surface area contributed by atoms with Gasteiger partial charge >= 0.3 is 6.18 Å². The fraction of sp³-hybridized carbons (Fsp3) is 0.438. The predicted octanol–water partition coefficient (Wildman–Crippen LogP) is 1.48. The molecule has 0 atom stereocenters. The van der Waals surface area contributed by atoms with Crippen LogP contribution in [0.1, 0.15) is 34.4 Å². The maximum atomic E-state index is 14.2. The number of hydrogen-bond donors (Lipinski definition) is 3. The molecule has 5 heterocycles. The summed E-state index contributed by atoms with van der Waals surface area (Å²) in [6, 6.07) is 2.60. The number of amides is 3. The highest BCUT2D eigenvalue weighted by atomic mass is 35.5. The van der Waals surface area contributed by atoms with Crippen LogP contribution in [0.25, 0.3) is 5.78 Å². The molecule has 2 aliphatic rings. The highest BCUT2D eigenvalue weighted by Crippen LogP contribution is 2.34. The summed E-state index contributed by atoms with van der Waals surface area (Å²) in [6.45, 7) is 5.18. The Bertz CT molecular complexity index is 2110. The molecule has 21 heteroatoms. The zero-order valence-electron chi connectivity index (χ0n) is 28.6. The highest BCUT2D eigenvalue weighted by molar-refractivity contribution is 6.33. The normalized spacial score (nSPS) is 15.2. The van der Waals surface area contributed by atoms with Crippen molar-refractivity contribution in [2.45, 2.75) is 33.0 Å². The molecule has 282 valence electrons. The monoisotopic (exact) mass is 761 g/mol. The molecule has 2 fully saturated rings. The number of carbonyl (C=O) groups excluding carboxylic acids is 3. The van der Waals surface area contributed by atoms with E-state index in [1.807, 2.05) is 4.90 Å². The molecule has 3 N–H and O–H groups in total. The summed E-state index contributed by atoms with van der Waals surface area (Å²) in [5.41, 5.74) is -0.838. The lowest BCUT2D eigenvalue weighted by Crippen LogP contribution is -2.52. The van der Waals surface area contributed by atoms with Crippen molar-refractivity contribution >= 4 is 52.4 Å². The van der Waals surface area contributed by atoms with Gasteiger partial charge in [0.1, 0.15) is 18.6 Å².